The lowest BCUT2D eigenvalue weighted by Crippen LogP contribution is -2.42. The van der Waals surface area contributed by atoms with Gasteiger partial charge in [-0.05, 0) is 76.0 Å². The minimum Gasteiger partial charge on any atom is -0.460 e. The second-order valence-electron chi connectivity index (χ2n) is 11.7. The molecule has 0 aromatic heterocycles. The molecule has 0 aliphatic carbocycles. The van der Waals surface area contributed by atoms with Crippen molar-refractivity contribution in [3.8, 4) is 12.1 Å². The van der Waals surface area contributed by atoms with Gasteiger partial charge in [-0.2, -0.15) is 10.5 Å². The molecule has 0 amide bonds. The lowest BCUT2D eigenvalue weighted by Gasteiger charge is -2.37. The fourth-order valence-electron chi connectivity index (χ4n) is 5.68. The van der Waals surface area contributed by atoms with Gasteiger partial charge < -0.3 is 9.47 Å². The SMILES string of the molecule is CCC(CC)C(OC(=O)CCC(=O)OC(C(CC)CC)C(C)(C#N)CC(C)C)C(C)(C#N)CC(C)C. The van der Waals surface area contributed by atoms with E-state index in [9.17, 15) is 20.1 Å². The van der Waals surface area contributed by atoms with Crippen LogP contribution in [0.1, 0.15) is 121 Å². The van der Waals surface area contributed by atoms with Crippen LogP contribution in [0.5, 0.6) is 0 Å². The Kier molecular flexibility index (Phi) is 15.0. The smallest absolute Gasteiger partial charge is 0.306 e. The molecule has 0 aromatic rings. The Bertz CT molecular complexity index is 694. The standard InChI is InChI=1S/C30H52N2O4/c1-11-23(12-2)27(29(9,19-31)17-21(5)6)35-25(33)15-16-26(34)36-28(24(13-3)14-4)30(10,20-32)18-22(7)8/h21-24,27-28H,11-18H2,1-10H3. The molecule has 0 heterocycles. The van der Waals surface area contributed by atoms with E-state index in [0.29, 0.717) is 12.8 Å². The third-order valence-corrected chi connectivity index (χ3v) is 7.44. The summed E-state index contributed by atoms with van der Waals surface area (Å²) in [5.41, 5.74) is -1.60. The molecule has 0 aromatic carbocycles. The zero-order chi connectivity index (χ0) is 28.1. The van der Waals surface area contributed by atoms with Crippen molar-refractivity contribution in [1.29, 1.82) is 10.5 Å². The molecular formula is C30H52N2O4. The van der Waals surface area contributed by atoms with E-state index in [-0.39, 0.29) is 36.5 Å². The maximum atomic E-state index is 12.9. The van der Waals surface area contributed by atoms with Crippen LogP contribution in [0.3, 0.4) is 0 Å². The van der Waals surface area contributed by atoms with Crippen LogP contribution in [0.15, 0.2) is 0 Å². The first-order valence-electron chi connectivity index (χ1n) is 14.0. The predicted molar refractivity (Wildman–Crippen MR) is 143 cm³/mol. The molecule has 0 aliphatic heterocycles. The molecule has 0 bridgehead atoms. The van der Waals surface area contributed by atoms with Gasteiger partial charge in [0.1, 0.15) is 12.2 Å². The highest BCUT2D eigenvalue weighted by Crippen LogP contribution is 2.39. The maximum Gasteiger partial charge on any atom is 0.306 e. The van der Waals surface area contributed by atoms with E-state index in [0.717, 1.165) is 25.7 Å². The molecule has 0 aliphatic rings. The molecule has 0 saturated carbocycles. The van der Waals surface area contributed by atoms with Crippen LogP contribution in [0.25, 0.3) is 0 Å². The lowest BCUT2D eigenvalue weighted by atomic mass is 9.72. The number of esters is 2. The predicted octanol–water partition coefficient (Wildman–Crippen LogP) is 7.61. The topological polar surface area (TPSA) is 100 Å². The van der Waals surface area contributed by atoms with Crippen LogP contribution in [-0.2, 0) is 19.1 Å². The van der Waals surface area contributed by atoms with Crippen LogP contribution >= 0.6 is 0 Å². The van der Waals surface area contributed by atoms with Gasteiger partial charge in [-0.25, -0.2) is 0 Å². The van der Waals surface area contributed by atoms with Gasteiger partial charge in [0.25, 0.3) is 0 Å². The molecule has 6 nitrogen and oxygen atoms in total. The van der Waals surface area contributed by atoms with Gasteiger partial charge >= 0.3 is 11.9 Å². The zero-order valence-corrected chi connectivity index (χ0v) is 24.6. The Morgan fingerprint density at radius 1 is 0.667 bits per heavy atom. The molecule has 0 saturated heterocycles. The van der Waals surface area contributed by atoms with Crippen molar-refractivity contribution in [3.05, 3.63) is 0 Å². The highest BCUT2D eigenvalue weighted by molar-refractivity contribution is 5.78. The first kappa shape index (κ1) is 33.9. The number of ether oxygens (including phenoxy) is 2. The first-order valence-corrected chi connectivity index (χ1v) is 14.0. The Balaban J connectivity index is 5.57. The van der Waals surface area contributed by atoms with E-state index in [4.69, 9.17) is 9.47 Å². The highest BCUT2D eigenvalue weighted by Gasteiger charge is 2.43. The molecule has 4 unspecified atom stereocenters. The average Bonchev–Trinajstić information content (AvgIpc) is 2.81. The van der Waals surface area contributed by atoms with Crippen LogP contribution in [0, 0.1) is 57.2 Å². The number of nitrogens with zero attached hydrogens (tertiary/aromatic N) is 2. The molecule has 206 valence electrons. The second-order valence-corrected chi connectivity index (χ2v) is 11.7. The van der Waals surface area contributed by atoms with E-state index in [2.05, 4.69) is 39.8 Å². The van der Waals surface area contributed by atoms with Crippen molar-refractivity contribution in [2.45, 2.75) is 133 Å². The summed E-state index contributed by atoms with van der Waals surface area (Å²) in [5, 5.41) is 20.0. The van der Waals surface area contributed by atoms with Gasteiger partial charge in [-0.15, -0.1) is 0 Å². The second kappa shape index (κ2) is 15.9. The van der Waals surface area contributed by atoms with Crippen LogP contribution < -0.4 is 0 Å². The summed E-state index contributed by atoms with van der Waals surface area (Å²) >= 11 is 0. The van der Waals surface area contributed by atoms with Crippen molar-refractivity contribution >= 4 is 11.9 Å². The number of carbonyl (C=O) groups is 2. The summed E-state index contributed by atoms with van der Waals surface area (Å²) in [6, 6.07) is 4.84. The zero-order valence-electron chi connectivity index (χ0n) is 24.6. The Morgan fingerprint density at radius 3 is 1.14 bits per heavy atom. The molecule has 0 spiro atoms. The lowest BCUT2D eigenvalue weighted by molar-refractivity contribution is -0.166. The van der Waals surface area contributed by atoms with E-state index in [1.165, 1.54) is 0 Å². The number of hydrogen-bond donors (Lipinski definition) is 0. The van der Waals surface area contributed by atoms with Gasteiger partial charge in [0.05, 0.1) is 35.8 Å². The summed E-state index contributed by atoms with van der Waals surface area (Å²) in [6.45, 7) is 20.1. The minimum atomic E-state index is -0.799. The van der Waals surface area contributed by atoms with E-state index in [1.807, 2.05) is 41.5 Å². The van der Waals surface area contributed by atoms with Crippen molar-refractivity contribution in [1.82, 2.24) is 0 Å². The number of rotatable bonds is 17. The third-order valence-electron chi connectivity index (χ3n) is 7.44. The summed E-state index contributed by atoms with van der Waals surface area (Å²) in [5.74, 6) is -0.284. The molecule has 0 rings (SSSR count). The highest BCUT2D eigenvalue weighted by atomic mass is 16.6. The van der Waals surface area contributed by atoms with E-state index >= 15 is 0 Å². The van der Waals surface area contributed by atoms with E-state index in [1.54, 1.807) is 0 Å². The summed E-state index contributed by atoms with van der Waals surface area (Å²) in [7, 11) is 0. The monoisotopic (exact) mass is 504 g/mol. The van der Waals surface area contributed by atoms with Crippen LogP contribution in [0.2, 0.25) is 0 Å². The molecular weight excluding hydrogens is 452 g/mol. The number of hydrogen-bond acceptors (Lipinski definition) is 6. The van der Waals surface area contributed by atoms with Gasteiger partial charge in [0, 0.05) is 0 Å². The molecule has 0 radical (unpaired) electrons. The van der Waals surface area contributed by atoms with Gasteiger partial charge in [-0.3, -0.25) is 9.59 Å². The Morgan fingerprint density at radius 2 is 0.944 bits per heavy atom. The first-order chi connectivity index (χ1) is 16.8. The number of carbonyl (C=O) groups excluding carboxylic acids is 2. The normalized spacial score (nSPS) is 16.7. The van der Waals surface area contributed by atoms with Crippen LogP contribution in [0.4, 0.5) is 0 Å². The van der Waals surface area contributed by atoms with Crippen LogP contribution in [-0.4, -0.2) is 24.1 Å². The Hall–Kier alpha value is -2.08. The van der Waals surface area contributed by atoms with Gasteiger partial charge in [-0.1, -0.05) is 55.4 Å². The molecule has 4 atom stereocenters. The fourth-order valence-corrected chi connectivity index (χ4v) is 5.68. The minimum absolute atomic E-state index is 0.0657. The molecule has 0 N–H and O–H groups in total. The molecule has 36 heavy (non-hydrogen) atoms. The summed E-state index contributed by atoms with van der Waals surface area (Å²) in [6.07, 6.45) is 3.15. The van der Waals surface area contributed by atoms with E-state index < -0.39 is 35.0 Å². The quantitative estimate of drug-likeness (QED) is 0.189. The Labute approximate surface area is 221 Å². The largest absolute Gasteiger partial charge is 0.460 e. The third kappa shape index (κ3) is 10.1. The summed E-state index contributed by atoms with van der Waals surface area (Å²) < 4.78 is 11.8. The average molecular weight is 505 g/mol. The van der Waals surface area contributed by atoms with Crippen molar-refractivity contribution < 1.29 is 19.1 Å². The fraction of sp³-hybridized carbons (Fsp3) is 0.867. The summed E-state index contributed by atoms with van der Waals surface area (Å²) in [4.78, 5) is 25.8. The van der Waals surface area contributed by atoms with Crippen molar-refractivity contribution in [2.75, 3.05) is 0 Å². The van der Waals surface area contributed by atoms with Gasteiger partial charge in [0.15, 0.2) is 0 Å². The maximum absolute atomic E-state index is 12.9. The molecule has 0 fully saturated rings. The van der Waals surface area contributed by atoms with Crippen molar-refractivity contribution in [3.63, 3.8) is 0 Å². The van der Waals surface area contributed by atoms with Gasteiger partial charge in [0.2, 0.25) is 0 Å². The molecule has 6 heteroatoms. The van der Waals surface area contributed by atoms with Crippen molar-refractivity contribution in [2.24, 2.45) is 34.5 Å². The number of nitriles is 2.